The van der Waals surface area contributed by atoms with Crippen LogP contribution >= 0.6 is 11.3 Å². The van der Waals surface area contributed by atoms with Gasteiger partial charge in [-0.2, -0.15) is 0 Å². The molecule has 0 fully saturated rings. The Labute approximate surface area is 127 Å². The van der Waals surface area contributed by atoms with E-state index in [9.17, 15) is 13.2 Å². The second-order valence-corrected chi connectivity index (χ2v) is 6.92. The number of carbonyl (C=O) groups is 1. The van der Waals surface area contributed by atoms with Gasteiger partial charge in [0.1, 0.15) is 0 Å². The zero-order chi connectivity index (χ0) is 15.5. The SMILES string of the molecule is CC(=O)Nc1ccsc1CNc1ccc(S(N)(=O)=O)cc1. The van der Waals surface area contributed by atoms with Crippen LogP contribution in [0.4, 0.5) is 11.4 Å². The largest absolute Gasteiger partial charge is 0.380 e. The average Bonchev–Trinajstić information content (AvgIpc) is 2.82. The van der Waals surface area contributed by atoms with Crippen molar-refractivity contribution >= 4 is 38.6 Å². The summed E-state index contributed by atoms with van der Waals surface area (Å²) in [6, 6.07) is 8.02. The van der Waals surface area contributed by atoms with Gasteiger partial charge in [0.15, 0.2) is 0 Å². The van der Waals surface area contributed by atoms with Crippen molar-refractivity contribution in [3.8, 4) is 0 Å². The van der Waals surface area contributed by atoms with E-state index < -0.39 is 10.0 Å². The highest BCUT2D eigenvalue weighted by atomic mass is 32.2. The molecule has 21 heavy (non-hydrogen) atoms. The number of carbonyl (C=O) groups excluding carboxylic acids is 1. The Morgan fingerprint density at radius 2 is 1.90 bits per heavy atom. The molecule has 1 heterocycles. The van der Waals surface area contributed by atoms with Crippen molar-refractivity contribution in [2.75, 3.05) is 10.6 Å². The van der Waals surface area contributed by atoms with E-state index in [-0.39, 0.29) is 10.8 Å². The van der Waals surface area contributed by atoms with Crippen molar-refractivity contribution in [2.45, 2.75) is 18.4 Å². The first-order valence-electron chi connectivity index (χ1n) is 6.07. The molecule has 2 rings (SSSR count). The number of rotatable bonds is 5. The Balaban J connectivity index is 2.04. The molecule has 0 saturated carbocycles. The van der Waals surface area contributed by atoms with Crippen LogP contribution in [0.1, 0.15) is 11.8 Å². The van der Waals surface area contributed by atoms with E-state index in [1.54, 1.807) is 12.1 Å². The van der Waals surface area contributed by atoms with Gasteiger partial charge in [-0.05, 0) is 35.7 Å². The van der Waals surface area contributed by atoms with Gasteiger partial charge in [0.05, 0.1) is 17.1 Å². The van der Waals surface area contributed by atoms with Gasteiger partial charge in [0, 0.05) is 17.5 Å². The van der Waals surface area contributed by atoms with Crippen molar-refractivity contribution in [3.05, 3.63) is 40.6 Å². The highest BCUT2D eigenvalue weighted by Gasteiger charge is 2.08. The molecule has 0 aliphatic rings. The van der Waals surface area contributed by atoms with E-state index >= 15 is 0 Å². The monoisotopic (exact) mass is 325 g/mol. The number of benzene rings is 1. The van der Waals surface area contributed by atoms with Crippen LogP contribution in [-0.2, 0) is 21.4 Å². The van der Waals surface area contributed by atoms with Crippen molar-refractivity contribution in [3.63, 3.8) is 0 Å². The van der Waals surface area contributed by atoms with Crippen molar-refractivity contribution in [2.24, 2.45) is 5.14 Å². The van der Waals surface area contributed by atoms with Crippen LogP contribution in [0.15, 0.2) is 40.6 Å². The standard InChI is InChI=1S/C13H15N3O3S2/c1-9(17)16-12-6-7-20-13(12)8-15-10-2-4-11(5-3-10)21(14,18)19/h2-7,15H,8H2,1H3,(H,16,17)(H2,14,18,19). The number of sulfonamides is 1. The minimum atomic E-state index is -3.67. The third-order valence-electron chi connectivity index (χ3n) is 2.69. The lowest BCUT2D eigenvalue weighted by Gasteiger charge is -2.08. The van der Waals surface area contributed by atoms with Crippen molar-refractivity contribution in [1.29, 1.82) is 0 Å². The van der Waals surface area contributed by atoms with Crippen LogP contribution < -0.4 is 15.8 Å². The van der Waals surface area contributed by atoms with Gasteiger partial charge in [-0.25, -0.2) is 13.6 Å². The molecule has 0 radical (unpaired) electrons. The predicted octanol–water partition coefficient (Wildman–Crippen LogP) is 1.97. The first-order valence-corrected chi connectivity index (χ1v) is 8.49. The highest BCUT2D eigenvalue weighted by Crippen LogP contribution is 2.23. The van der Waals surface area contributed by atoms with Crippen LogP contribution in [0.2, 0.25) is 0 Å². The Morgan fingerprint density at radius 1 is 1.24 bits per heavy atom. The number of nitrogens with one attached hydrogen (secondary N) is 2. The van der Waals surface area contributed by atoms with Crippen LogP contribution in [0.3, 0.4) is 0 Å². The number of anilines is 2. The van der Waals surface area contributed by atoms with Gasteiger partial charge >= 0.3 is 0 Å². The number of nitrogens with two attached hydrogens (primary N) is 1. The van der Waals surface area contributed by atoms with E-state index in [4.69, 9.17) is 5.14 Å². The summed E-state index contributed by atoms with van der Waals surface area (Å²) < 4.78 is 22.3. The second-order valence-electron chi connectivity index (χ2n) is 4.36. The maximum Gasteiger partial charge on any atom is 0.238 e. The topological polar surface area (TPSA) is 101 Å². The first kappa shape index (κ1) is 15.5. The van der Waals surface area contributed by atoms with E-state index in [0.29, 0.717) is 6.54 Å². The molecule has 8 heteroatoms. The molecular formula is C13H15N3O3S2. The molecular weight excluding hydrogens is 310 g/mol. The quantitative estimate of drug-likeness (QED) is 0.782. The Kier molecular flexibility index (Phi) is 4.61. The zero-order valence-corrected chi connectivity index (χ0v) is 12.9. The van der Waals surface area contributed by atoms with Gasteiger partial charge in [0.2, 0.25) is 15.9 Å². The van der Waals surface area contributed by atoms with Crippen molar-refractivity contribution in [1.82, 2.24) is 0 Å². The maximum absolute atomic E-state index is 11.2. The fourth-order valence-corrected chi connectivity index (χ4v) is 3.01. The Morgan fingerprint density at radius 3 is 2.48 bits per heavy atom. The average molecular weight is 325 g/mol. The number of thiophene rings is 1. The summed E-state index contributed by atoms with van der Waals surface area (Å²) in [6.45, 7) is 1.99. The normalized spacial score (nSPS) is 11.1. The molecule has 0 unspecified atom stereocenters. The fourth-order valence-electron chi connectivity index (χ4n) is 1.72. The molecule has 1 aromatic heterocycles. The molecule has 0 saturated heterocycles. The molecule has 0 atom stereocenters. The van der Waals surface area contributed by atoms with Gasteiger partial charge in [-0.3, -0.25) is 4.79 Å². The van der Waals surface area contributed by atoms with E-state index in [0.717, 1.165) is 16.3 Å². The fraction of sp³-hybridized carbons (Fsp3) is 0.154. The van der Waals surface area contributed by atoms with Gasteiger partial charge in [-0.15, -0.1) is 11.3 Å². The summed E-state index contributed by atoms with van der Waals surface area (Å²) >= 11 is 1.53. The van der Waals surface area contributed by atoms with E-state index in [1.165, 1.54) is 30.4 Å². The maximum atomic E-state index is 11.2. The van der Waals surface area contributed by atoms with Crippen molar-refractivity contribution < 1.29 is 13.2 Å². The van der Waals surface area contributed by atoms with Gasteiger partial charge < -0.3 is 10.6 Å². The second kappa shape index (κ2) is 6.25. The lowest BCUT2D eigenvalue weighted by Crippen LogP contribution is -2.12. The minimum Gasteiger partial charge on any atom is -0.380 e. The van der Waals surface area contributed by atoms with Crippen LogP contribution in [0.25, 0.3) is 0 Å². The molecule has 1 aromatic carbocycles. The molecule has 112 valence electrons. The van der Waals surface area contributed by atoms with Crippen LogP contribution in [0, 0.1) is 0 Å². The minimum absolute atomic E-state index is 0.0723. The lowest BCUT2D eigenvalue weighted by atomic mass is 10.3. The molecule has 6 nitrogen and oxygen atoms in total. The van der Waals surface area contributed by atoms with E-state index in [1.807, 2.05) is 11.4 Å². The zero-order valence-electron chi connectivity index (χ0n) is 11.3. The third kappa shape index (κ3) is 4.28. The molecule has 0 aliphatic carbocycles. The summed E-state index contributed by atoms with van der Waals surface area (Å²) in [5, 5.41) is 12.8. The molecule has 4 N–H and O–H groups in total. The first-order chi connectivity index (χ1) is 9.86. The number of hydrogen-bond donors (Lipinski definition) is 3. The lowest BCUT2D eigenvalue weighted by molar-refractivity contribution is -0.114. The van der Waals surface area contributed by atoms with Crippen LogP contribution in [0.5, 0.6) is 0 Å². The van der Waals surface area contributed by atoms with Crippen LogP contribution in [-0.4, -0.2) is 14.3 Å². The molecule has 1 amide bonds. The number of hydrogen-bond acceptors (Lipinski definition) is 5. The smallest absolute Gasteiger partial charge is 0.238 e. The predicted molar refractivity (Wildman–Crippen MR) is 83.8 cm³/mol. The summed E-state index contributed by atoms with van der Waals surface area (Å²) in [4.78, 5) is 12.1. The molecule has 2 aromatic rings. The Hall–Kier alpha value is -1.90. The number of primary sulfonamides is 1. The van der Waals surface area contributed by atoms with Gasteiger partial charge in [-0.1, -0.05) is 0 Å². The Bertz CT molecular complexity index is 736. The molecule has 0 aliphatic heterocycles. The number of amides is 1. The summed E-state index contributed by atoms with van der Waals surface area (Å²) in [5.41, 5.74) is 1.55. The third-order valence-corrected chi connectivity index (χ3v) is 4.54. The summed E-state index contributed by atoms with van der Waals surface area (Å²) in [7, 11) is -3.67. The molecule has 0 bridgehead atoms. The summed E-state index contributed by atoms with van der Waals surface area (Å²) in [6.07, 6.45) is 0. The van der Waals surface area contributed by atoms with E-state index in [2.05, 4.69) is 10.6 Å². The van der Waals surface area contributed by atoms with Gasteiger partial charge in [0.25, 0.3) is 0 Å². The molecule has 0 spiro atoms. The highest BCUT2D eigenvalue weighted by molar-refractivity contribution is 7.89. The summed E-state index contributed by atoms with van der Waals surface area (Å²) in [5.74, 6) is -0.118.